The first-order valence-corrected chi connectivity index (χ1v) is 14.7. The van der Waals surface area contributed by atoms with Gasteiger partial charge in [-0.3, -0.25) is 13.9 Å². The van der Waals surface area contributed by atoms with Crippen molar-refractivity contribution in [3.05, 3.63) is 88.2 Å². The summed E-state index contributed by atoms with van der Waals surface area (Å²) in [5.41, 5.74) is 0.658. The summed E-state index contributed by atoms with van der Waals surface area (Å²) >= 11 is 12.2. The Morgan fingerprint density at radius 2 is 1.62 bits per heavy atom. The fraction of sp³-hybridized carbons (Fsp3) is 0.286. The van der Waals surface area contributed by atoms with Crippen molar-refractivity contribution < 1.29 is 27.1 Å². The number of sulfonamides is 1. The minimum atomic E-state index is -4.30. The van der Waals surface area contributed by atoms with Crippen molar-refractivity contribution in [2.24, 2.45) is 0 Å². The molecule has 3 rings (SSSR count). The highest BCUT2D eigenvalue weighted by molar-refractivity contribution is 7.92. The number of nitrogens with one attached hydrogen (secondary N) is 1. The number of amides is 2. The van der Waals surface area contributed by atoms with E-state index >= 15 is 0 Å². The molecule has 0 unspecified atom stereocenters. The maximum atomic E-state index is 13.8. The molecule has 0 fully saturated rings. The predicted octanol–water partition coefficient (Wildman–Crippen LogP) is 5.28. The summed E-state index contributed by atoms with van der Waals surface area (Å²) in [6.07, 6.45) is 0. The first-order valence-electron chi connectivity index (χ1n) is 12.5. The third-order valence-corrected chi connectivity index (χ3v) is 8.50. The second kappa shape index (κ2) is 13.8. The van der Waals surface area contributed by atoms with E-state index in [1.165, 1.54) is 41.3 Å². The summed E-state index contributed by atoms with van der Waals surface area (Å²) in [4.78, 5) is 27.7. The number of carbonyl (C=O) groups excluding carboxylic acids is 2. The summed E-state index contributed by atoms with van der Waals surface area (Å²) in [5, 5.41) is 3.27. The molecule has 8 nitrogen and oxygen atoms in total. The van der Waals surface area contributed by atoms with Gasteiger partial charge in [0.25, 0.3) is 10.0 Å². The van der Waals surface area contributed by atoms with Gasteiger partial charge in [-0.2, -0.15) is 0 Å². The van der Waals surface area contributed by atoms with Gasteiger partial charge in [0.2, 0.25) is 11.8 Å². The highest BCUT2D eigenvalue weighted by Gasteiger charge is 2.32. The highest BCUT2D eigenvalue weighted by atomic mass is 35.5. The number of likely N-dealkylation sites (N-methyl/N-ethyl adjacent to an activating group) is 1. The largest absolute Gasteiger partial charge is 0.494 e. The van der Waals surface area contributed by atoms with Crippen molar-refractivity contribution in [3.8, 4) is 5.75 Å². The Kier molecular flexibility index (Phi) is 10.8. The lowest BCUT2D eigenvalue weighted by molar-refractivity contribution is -0.139. The molecule has 0 aliphatic heterocycles. The Morgan fingerprint density at radius 1 is 0.975 bits per heavy atom. The number of hydrogen-bond acceptors (Lipinski definition) is 5. The SMILES string of the molecule is CCNC(=O)[C@@H](C)N(Cc1ccc(Cl)c(Cl)c1)C(=O)CN(c1ccc(F)cc1)S(=O)(=O)c1ccc(OCC)cc1. The average molecular weight is 611 g/mol. The Hall–Kier alpha value is -3.34. The smallest absolute Gasteiger partial charge is 0.264 e. The van der Waals surface area contributed by atoms with Crippen LogP contribution in [0.4, 0.5) is 10.1 Å². The zero-order chi connectivity index (χ0) is 29.4. The van der Waals surface area contributed by atoms with Crippen LogP contribution in [0.3, 0.4) is 0 Å². The lowest BCUT2D eigenvalue weighted by Gasteiger charge is -2.32. The second-order valence-corrected chi connectivity index (χ2v) is 11.4. The summed E-state index contributed by atoms with van der Waals surface area (Å²) in [5.74, 6) is -1.17. The monoisotopic (exact) mass is 609 g/mol. The predicted molar refractivity (Wildman–Crippen MR) is 154 cm³/mol. The van der Waals surface area contributed by atoms with Gasteiger partial charge < -0.3 is 15.0 Å². The number of halogens is 3. The summed E-state index contributed by atoms with van der Waals surface area (Å²) in [6, 6.07) is 14.3. The van der Waals surface area contributed by atoms with E-state index in [4.69, 9.17) is 27.9 Å². The molecule has 2 amide bonds. The number of nitrogens with zero attached hydrogens (tertiary/aromatic N) is 2. The zero-order valence-corrected chi connectivity index (χ0v) is 24.6. The highest BCUT2D eigenvalue weighted by Crippen LogP contribution is 2.27. The standard InChI is InChI=1S/C28H30Cl2FN3O5S/c1-4-32-28(36)19(3)33(17-20-6-15-25(29)26(30)16-20)27(35)18-34(22-9-7-21(31)8-10-22)40(37,38)24-13-11-23(12-14-24)39-5-2/h6-16,19H,4-5,17-18H2,1-3H3,(H,32,36)/t19-/m1/s1. The van der Waals surface area contributed by atoms with E-state index in [0.717, 1.165) is 16.4 Å². The molecule has 3 aromatic carbocycles. The van der Waals surface area contributed by atoms with Crippen molar-refractivity contribution in [1.29, 1.82) is 0 Å². The maximum absolute atomic E-state index is 13.8. The van der Waals surface area contributed by atoms with Crippen molar-refractivity contribution in [3.63, 3.8) is 0 Å². The van der Waals surface area contributed by atoms with Crippen LogP contribution < -0.4 is 14.4 Å². The fourth-order valence-electron chi connectivity index (χ4n) is 3.88. The maximum Gasteiger partial charge on any atom is 0.264 e. The number of anilines is 1. The molecule has 0 bridgehead atoms. The van der Waals surface area contributed by atoms with Crippen LogP contribution in [-0.2, 0) is 26.2 Å². The normalized spacial score (nSPS) is 11.9. The van der Waals surface area contributed by atoms with Crippen molar-refractivity contribution in [1.82, 2.24) is 10.2 Å². The molecule has 0 saturated carbocycles. The molecule has 40 heavy (non-hydrogen) atoms. The minimum absolute atomic E-state index is 0.0472. The Labute approximate surface area is 243 Å². The molecule has 12 heteroatoms. The molecule has 0 radical (unpaired) electrons. The fourth-order valence-corrected chi connectivity index (χ4v) is 5.61. The molecule has 3 aromatic rings. The molecular formula is C28H30Cl2FN3O5S. The van der Waals surface area contributed by atoms with Gasteiger partial charge in [-0.25, -0.2) is 12.8 Å². The van der Waals surface area contributed by atoms with Gasteiger partial charge in [0.15, 0.2) is 0 Å². The lowest BCUT2D eigenvalue weighted by Crippen LogP contribution is -2.51. The number of rotatable bonds is 12. The molecule has 0 aliphatic rings. The van der Waals surface area contributed by atoms with E-state index in [1.807, 2.05) is 0 Å². The van der Waals surface area contributed by atoms with Gasteiger partial charge in [-0.05, 0) is 87.0 Å². The van der Waals surface area contributed by atoms with E-state index in [1.54, 1.807) is 39.0 Å². The van der Waals surface area contributed by atoms with Crippen molar-refractivity contribution in [2.45, 2.75) is 38.3 Å². The number of ether oxygens (including phenoxy) is 1. The van der Waals surface area contributed by atoms with Gasteiger partial charge in [0, 0.05) is 13.1 Å². The van der Waals surface area contributed by atoms with Crippen LogP contribution in [0.1, 0.15) is 26.3 Å². The third-order valence-electron chi connectivity index (χ3n) is 5.97. The Bertz CT molecular complexity index is 1440. The molecule has 1 N–H and O–H groups in total. The Balaban J connectivity index is 2.02. The zero-order valence-electron chi connectivity index (χ0n) is 22.2. The summed E-state index contributed by atoms with van der Waals surface area (Å²) in [7, 11) is -4.30. The average Bonchev–Trinajstić information content (AvgIpc) is 2.93. The summed E-state index contributed by atoms with van der Waals surface area (Å²) in [6.45, 7) is 5.13. The first kappa shape index (κ1) is 31.2. The number of carbonyl (C=O) groups is 2. The van der Waals surface area contributed by atoms with Gasteiger partial charge >= 0.3 is 0 Å². The Morgan fingerprint density at radius 3 is 2.20 bits per heavy atom. The van der Waals surface area contributed by atoms with Gasteiger partial charge in [-0.15, -0.1) is 0 Å². The molecule has 0 spiro atoms. The number of benzene rings is 3. The quantitative estimate of drug-likeness (QED) is 0.301. The van der Waals surface area contributed by atoms with E-state index in [2.05, 4.69) is 5.32 Å². The minimum Gasteiger partial charge on any atom is -0.494 e. The van der Waals surface area contributed by atoms with E-state index in [-0.39, 0.29) is 22.2 Å². The topological polar surface area (TPSA) is 96.0 Å². The molecule has 214 valence electrons. The first-order chi connectivity index (χ1) is 19.0. The van der Waals surface area contributed by atoms with Crippen LogP contribution in [-0.4, -0.2) is 50.9 Å². The lowest BCUT2D eigenvalue weighted by atomic mass is 10.1. The van der Waals surface area contributed by atoms with Crippen LogP contribution in [0, 0.1) is 5.82 Å². The van der Waals surface area contributed by atoms with Crippen LogP contribution in [0.15, 0.2) is 71.6 Å². The summed E-state index contributed by atoms with van der Waals surface area (Å²) < 4.78 is 47.6. The van der Waals surface area contributed by atoms with Gasteiger partial charge in [0.05, 0.1) is 27.2 Å². The van der Waals surface area contributed by atoms with Crippen LogP contribution >= 0.6 is 23.2 Å². The van der Waals surface area contributed by atoms with Crippen LogP contribution in [0.25, 0.3) is 0 Å². The molecule has 0 aliphatic carbocycles. The van der Waals surface area contributed by atoms with E-state index in [9.17, 15) is 22.4 Å². The molecule has 0 aromatic heterocycles. The molecule has 0 heterocycles. The number of hydrogen-bond donors (Lipinski definition) is 1. The molecule has 1 atom stereocenters. The molecular weight excluding hydrogens is 580 g/mol. The van der Waals surface area contributed by atoms with Crippen molar-refractivity contribution >= 4 is 50.7 Å². The van der Waals surface area contributed by atoms with Crippen LogP contribution in [0.5, 0.6) is 5.75 Å². The third kappa shape index (κ3) is 7.65. The van der Waals surface area contributed by atoms with Gasteiger partial charge in [-0.1, -0.05) is 29.3 Å². The van der Waals surface area contributed by atoms with Gasteiger partial charge in [0.1, 0.15) is 24.2 Å². The van der Waals surface area contributed by atoms with Crippen LogP contribution in [0.2, 0.25) is 10.0 Å². The second-order valence-electron chi connectivity index (χ2n) is 8.73. The van der Waals surface area contributed by atoms with Crippen molar-refractivity contribution in [2.75, 3.05) is 24.0 Å². The van der Waals surface area contributed by atoms with E-state index < -0.39 is 40.2 Å². The molecule has 0 saturated heterocycles. The van der Waals surface area contributed by atoms with E-state index in [0.29, 0.717) is 29.5 Å².